The molecule has 5 rings (SSSR count). The van der Waals surface area contributed by atoms with Gasteiger partial charge in [0.25, 0.3) is 5.91 Å². The molecule has 3 aliphatic rings. The summed E-state index contributed by atoms with van der Waals surface area (Å²) in [5.41, 5.74) is 22.9. The van der Waals surface area contributed by atoms with Crippen molar-refractivity contribution in [1.82, 2.24) is 41.5 Å². The molecule has 12 N–H and O–H groups in total. The summed E-state index contributed by atoms with van der Waals surface area (Å²) >= 11 is 1.87. The number of nitrogens with zero attached hydrogens (tertiary/aromatic N) is 8. The number of nitrogen functional groups attached to an aromatic ring is 1. The Kier molecular flexibility index (Phi) is 34.3. The Balaban J connectivity index is 0.858. The lowest BCUT2D eigenvalue weighted by Gasteiger charge is -2.21. The summed E-state index contributed by atoms with van der Waals surface area (Å²) in [6.45, 7) is 0.476. The van der Waals surface area contributed by atoms with E-state index in [0.717, 1.165) is 35.8 Å². The molecule has 2 aromatic rings. The smallest absolute Gasteiger partial charge is 0.490 e. The number of anilines is 1. The first-order chi connectivity index (χ1) is 44.5. The van der Waals surface area contributed by atoms with Crippen molar-refractivity contribution in [3.05, 3.63) is 73.0 Å². The molecule has 4 heterocycles. The third-order valence-corrected chi connectivity index (χ3v) is 18.0. The van der Waals surface area contributed by atoms with Crippen molar-refractivity contribution in [2.75, 3.05) is 130 Å². The van der Waals surface area contributed by atoms with Crippen LogP contribution < -0.4 is 48.1 Å². The summed E-state index contributed by atoms with van der Waals surface area (Å²) in [5, 5.41) is 23.8. The number of azide groups is 2. The molecule has 6 amide bonds. The van der Waals surface area contributed by atoms with E-state index >= 15 is 0 Å². The topological polar surface area (TPSA) is 559 Å². The second-order valence-electron chi connectivity index (χ2n) is 19.6. The molecule has 3 fully saturated rings. The summed E-state index contributed by atoms with van der Waals surface area (Å²) in [6, 6.07) is 6.42. The van der Waals surface area contributed by atoms with Crippen molar-refractivity contribution >= 4 is 70.7 Å². The minimum absolute atomic E-state index is 0.0118. The van der Waals surface area contributed by atoms with Crippen LogP contribution in [0.5, 0.6) is 5.75 Å². The lowest BCUT2D eigenvalue weighted by Crippen LogP contribution is -2.36. The van der Waals surface area contributed by atoms with E-state index in [-0.39, 0.29) is 118 Å². The number of hydrogen-bond acceptors (Lipinski definition) is 26. The number of nitrogens with two attached hydrogens (primary N) is 1. The second kappa shape index (κ2) is 41.3. The van der Waals surface area contributed by atoms with E-state index in [4.69, 9.17) is 69.2 Å². The number of ether oxygens (including phenoxy) is 9. The molecule has 6 unspecified atom stereocenters. The van der Waals surface area contributed by atoms with E-state index in [2.05, 4.69) is 81.9 Å². The molecule has 0 aliphatic carbocycles. The molecule has 0 saturated carbocycles. The van der Waals surface area contributed by atoms with Crippen LogP contribution in [0.4, 0.5) is 10.6 Å². The Bertz CT molecular complexity index is 3150. The predicted molar refractivity (Wildman–Crippen MR) is 322 cm³/mol. The van der Waals surface area contributed by atoms with Crippen LogP contribution in [0.25, 0.3) is 20.9 Å². The molecule has 93 heavy (non-hydrogen) atoms. The van der Waals surface area contributed by atoms with E-state index < -0.39 is 85.6 Å². The fraction of sp³-hybridized carbons (Fsp3) is 0.653. The highest BCUT2D eigenvalue weighted by atomic mass is 32.2. The fourth-order valence-electron chi connectivity index (χ4n) is 8.53. The van der Waals surface area contributed by atoms with Gasteiger partial charge in [-0.3, -0.25) is 28.3 Å². The van der Waals surface area contributed by atoms with Gasteiger partial charge in [0.2, 0.25) is 17.7 Å². The molecule has 3 aliphatic heterocycles. The number of thioether (sulfide) groups is 1. The molecule has 516 valence electrons. The van der Waals surface area contributed by atoms with Gasteiger partial charge in [0.15, 0.2) is 6.23 Å². The van der Waals surface area contributed by atoms with Gasteiger partial charge < -0.3 is 99.8 Å². The third-order valence-electron chi connectivity index (χ3n) is 12.7. The zero-order chi connectivity index (χ0) is 67.5. The number of carbonyl (C=O) groups is 5. The summed E-state index contributed by atoms with van der Waals surface area (Å²) in [7, 11) is -17.1. The van der Waals surface area contributed by atoms with E-state index in [0.29, 0.717) is 57.9 Å². The molecule has 1 aromatic carbocycles. The first-order valence-electron chi connectivity index (χ1n) is 28.5. The summed E-state index contributed by atoms with van der Waals surface area (Å²) in [6.07, 6.45) is -0.815. The Morgan fingerprint density at radius 3 is 2.27 bits per heavy atom. The van der Waals surface area contributed by atoms with Gasteiger partial charge in [0, 0.05) is 71.5 Å². The van der Waals surface area contributed by atoms with E-state index in [1.165, 1.54) is 6.07 Å². The summed E-state index contributed by atoms with van der Waals surface area (Å²) in [4.78, 5) is 120. The number of nitrogens with one attached hydrogen (secondary N) is 6. The van der Waals surface area contributed by atoms with Crippen LogP contribution in [0.1, 0.15) is 60.7 Å². The Morgan fingerprint density at radius 2 is 1.54 bits per heavy atom. The monoisotopic (exact) mass is 1400 g/mol. The van der Waals surface area contributed by atoms with E-state index in [1.54, 1.807) is 18.2 Å². The number of phosphoric acid groups is 3. The average molecular weight is 1400 g/mol. The van der Waals surface area contributed by atoms with Crippen molar-refractivity contribution in [1.29, 1.82) is 0 Å². The van der Waals surface area contributed by atoms with Crippen LogP contribution >= 0.6 is 35.2 Å². The van der Waals surface area contributed by atoms with Gasteiger partial charge >= 0.3 is 35.2 Å². The SMILES string of the molecule is [N-]=[N+]=NCO[C@@H]1C[C@H](n2cc(C#CCNC(=O)COCCOC(COc3cccc(C(=O)NCCNC(=O)CCOCCOCCOCCOCCNC(=O)CCCCC4SCC5NC(=O)NC54)c3)N=[N+]=[N-])c(N)nc2=O)O[C@@H]1COP(=O)(O)OP(=O)(O)OP(=O)(O)O. The van der Waals surface area contributed by atoms with Crippen LogP contribution in [0, 0.1) is 11.8 Å². The quantitative estimate of drug-likeness (QED) is 0.00816. The number of fused-ring (bicyclic) bond motifs is 1. The molecule has 9 atom stereocenters. The minimum Gasteiger partial charge on any atom is -0.491 e. The van der Waals surface area contributed by atoms with Crippen LogP contribution in [-0.4, -0.2) is 219 Å². The summed E-state index contributed by atoms with van der Waals surface area (Å²) in [5.74, 6) is 4.77. The van der Waals surface area contributed by atoms with Crippen molar-refractivity contribution < 1.29 is 113 Å². The Morgan fingerprint density at radius 1 is 0.839 bits per heavy atom. The van der Waals surface area contributed by atoms with Crippen LogP contribution in [0.2, 0.25) is 0 Å². The normalized spacial score (nSPS) is 19.8. The van der Waals surface area contributed by atoms with Gasteiger partial charge in [0.1, 0.15) is 43.8 Å². The van der Waals surface area contributed by atoms with Crippen LogP contribution in [0.15, 0.2) is 45.5 Å². The second-order valence-corrected chi connectivity index (χ2v) is 25.3. The molecule has 0 radical (unpaired) electrons. The average Bonchev–Trinajstić information content (AvgIpc) is 1.73. The largest absolute Gasteiger partial charge is 0.491 e. The lowest BCUT2D eigenvalue weighted by molar-refractivity contribution is -0.126. The highest BCUT2D eigenvalue weighted by molar-refractivity contribution is 8.00. The number of hydrogen-bond donors (Lipinski definition) is 11. The van der Waals surface area contributed by atoms with E-state index in [9.17, 15) is 52.2 Å². The molecule has 3 saturated heterocycles. The maximum Gasteiger partial charge on any atom is 0.490 e. The highest BCUT2D eigenvalue weighted by Crippen LogP contribution is 2.66. The number of phosphoric ester groups is 1. The number of carbonyl (C=O) groups excluding carboxylic acids is 5. The zero-order valence-electron chi connectivity index (χ0n) is 49.9. The van der Waals surface area contributed by atoms with E-state index in [1.807, 2.05) is 11.8 Å². The molecule has 1 aromatic heterocycles. The van der Waals surface area contributed by atoms with Crippen LogP contribution in [-0.2, 0) is 79.1 Å². The highest BCUT2D eigenvalue weighted by Gasteiger charge is 2.45. The number of urea groups is 1. The molecule has 44 heteroatoms. The van der Waals surface area contributed by atoms with Crippen molar-refractivity contribution in [2.24, 2.45) is 10.2 Å². The van der Waals surface area contributed by atoms with Crippen LogP contribution in [0.3, 0.4) is 0 Å². The molecule has 40 nitrogen and oxygen atoms in total. The van der Waals surface area contributed by atoms with Crippen molar-refractivity contribution in [3.8, 4) is 17.6 Å². The van der Waals surface area contributed by atoms with Crippen molar-refractivity contribution in [2.45, 2.75) is 80.5 Å². The molecular weight excluding hydrogens is 1320 g/mol. The number of unbranched alkanes of at least 4 members (excludes halogenated alkanes) is 1. The number of rotatable bonds is 46. The van der Waals surface area contributed by atoms with Gasteiger partial charge in [0.05, 0.1) is 103 Å². The van der Waals surface area contributed by atoms with Gasteiger partial charge in [-0.05, 0) is 42.1 Å². The van der Waals surface area contributed by atoms with Gasteiger partial charge in [-0.2, -0.15) is 25.4 Å². The standard InChI is InChI=1S/C49H74N15O25P3S/c50-46-34(27-64(49(70)60-46)44-26-37(85-32-57-62-51)38(87-44)28-86-91(74,75)89-92(76,77)88-90(71,72)73)6-4-11-53-42(67)29-82-23-24-83-43(61-63-52)30-84-35-7-3-5-33(25-35)47(68)56-13-12-54-41(66)10-15-78-17-19-80-21-22-81-20-18-79-16-14-55-40(65)9-2-1-8-39-45-36(31-93-39)58-48(69)59-45/h3,5,7,25,27,36-39,43-45H,1-2,8-24,26,28-32H2,(H,53,67)(H,54,66)(H,55,65)(H,56,68)(H,74,75)(H,76,77)(H2,50,60,70)(H2,58,59,69)(H2,71,72,73)/t36?,37-,38-,39?,43?,44-,45?/m1/s1. The lowest BCUT2D eigenvalue weighted by atomic mass is 10.0. The van der Waals surface area contributed by atoms with Gasteiger partial charge in [-0.1, -0.05) is 34.6 Å². The maximum atomic E-state index is 12.9. The van der Waals surface area contributed by atoms with Gasteiger partial charge in [-0.15, -0.1) is 0 Å². The van der Waals surface area contributed by atoms with Crippen molar-refractivity contribution in [3.63, 3.8) is 0 Å². The minimum atomic E-state index is -5.85. The number of amides is 6. The third kappa shape index (κ3) is 31.1. The zero-order valence-corrected chi connectivity index (χ0v) is 53.4. The molecule has 0 spiro atoms. The first-order valence-corrected chi connectivity index (χ1v) is 34.1. The first kappa shape index (κ1) is 77.2. The van der Waals surface area contributed by atoms with Gasteiger partial charge in [-0.25, -0.2) is 23.3 Å². The molecular formula is C49H74N15O25P3S. The summed E-state index contributed by atoms with van der Waals surface area (Å²) < 4.78 is 97.6. The Labute approximate surface area is 535 Å². The maximum absolute atomic E-state index is 12.9. The Hall–Kier alpha value is -6.53. The fourth-order valence-corrected chi connectivity index (χ4v) is 13.1. The predicted octanol–water partition coefficient (Wildman–Crippen LogP) is 0.470. The molecule has 0 bridgehead atoms. The number of benzene rings is 1. The number of aromatic nitrogens is 2.